The number of morpholine rings is 1. The summed E-state index contributed by atoms with van der Waals surface area (Å²) in [6.45, 7) is 9.34. The first-order valence-electron chi connectivity index (χ1n) is 7.96. The Morgan fingerprint density at radius 1 is 1.25 bits per heavy atom. The van der Waals surface area contributed by atoms with Crippen molar-refractivity contribution in [3.63, 3.8) is 0 Å². The summed E-state index contributed by atoms with van der Waals surface area (Å²) in [5.41, 5.74) is 8.03. The predicted molar refractivity (Wildman–Crippen MR) is 102 cm³/mol. The van der Waals surface area contributed by atoms with Gasteiger partial charge in [0.05, 0.1) is 13.2 Å². The number of carbonyl (C=O) groups excluding carboxylic acids is 1. The number of amides is 1. The molecular formula is C17H29Cl2N3O2. The lowest BCUT2D eigenvalue weighted by Crippen LogP contribution is -2.42. The maximum Gasteiger partial charge on any atom is 0.241 e. The average molecular weight is 378 g/mol. The van der Waals surface area contributed by atoms with Gasteiger partial charge >= 0.3 is 0 Å². The van der Waals surface area contributed by atoms with E-state index in [1.54, 1.807) is 0 Å². The summed E-state index contributed by atoms with van der Waals surface area (Å²) in [6.07, 6.45) is 0. The van der Waals surface area contributed by atoms with Crippen LogP contribution in [0.5, 0.6) is 0 Å². The molecule has 138 valence electrons. The van der Waals surface area contributed by atoms with Crippen LogP contribution >= 0.6 is 24.8 Å². The van der Waals surface area contributed by atoms with Crippen molar-refractivity contribution in [2.45, 2.75) is 19.9 Å². The zero-order chi connectivity index (χ0) is 15.9. The van der Waals surface area contributed by atoms with Gasteiger partial charge in [0.2, 0.25) is 5.91 Å². The van der Waals surface area contributed by atoms with Crippen LogP contribution in [0, 0.1) is 12.8 Å². The summed E-state index contributed by atoms with van der Waals surface area (Å²) in [4.78, 5) is 14.5. The van der Waals surface area contributed by atoms with Crippen LogP contribution in [0.3, 0.4) is 0 Å². The molecule has 1 saturated heterocycles. The molecule has 0 spiro atoms. The van der Waals surface area contributed by atoms with Gasteiger partial charge in [-0.1, -0.05) is 36.8 Å². The molecule has 2 atom stereocenters. The molecule has 1 aromatic rings. The fraction of sp³-hybridized carbons (Fsp3) is 0.588. The van der Waals surface area contributed by atoms with Crippen molar-refractivity contribution in [3.05, 3.63) is 35.4 Å². The largest absolute Gasteiger partial charge is 0.379 e. The minimum absolute atomic E-state index is 0. The lowest BCUT2D eigenvalue weighted by Gasteiger charge is -2.29. The molecule has 1 fully saturated rings. The quantitative estimate of drug-likeness (QED) is 0.794. The number of ether oxygens (including phenoxy) is 1. The number of nitrogens with two attached hydrogens (primary N) is 1. The Morgan fingerprint density at radius 3 is 2.42 bits per heavy atom. The summed E-state index contributed by atoms with van der Waals surface area (Å²) < 4.78 is 5.34. The third kappa shape index (κ3) is 7.36. The molecule has 1 heterocycles. The van der Waals surface area contributed by atoms with Gasteiger partial charge < -0.3 is 15.8 Å². The second-order valence-corrected chi connectivity index (χ2v) is 6.15. The van der Waals surface area contributed by atoms with Gasteiger partial charge in [0, 0.05) is 26.2 Å². The van der Waals surface area contributed by atoms with Gasteiger partial charge in [-0.3, -0.25) is 9.69 Å². The van der Waals surface area contributed by atoms with Crippen LogP contribution in [0.2, 0.25) is 0 Å². The molecule has 24 heavy (non-hydrogen) atoms. The molecule has 1 aromatic carbocycles. The first kappa shape index (κ1) is 23.1. The predicted octanol–water partition coefficient (Wildman–Crippen LogP) is 1.92. The van der Waals surface area contributed by atoms with E-state index < -0.39 is 6.04 Å². The maximum absolute atomic E-state index is 12.2. The number of nitrogens with one attached hydrogen (secondary N) is 1. The molecule has 0 aliphatic carbocycles. The Labute approximate surface area is 157 Å². The highest BCUT2D eigenvalue weighted by Gasteiger charge is 2.18. The molecule has 2 unspecified atom stereocenters. The van der Waals surface area contributed by atoms with E-state index in [9.17, 15) is 4.79 Å². The Hall–Kier alpha value is -0.850. The molecule has 0 saturated carbocycles. The minimum atomic E-state index is -0.601. The molecule has 5 nitrogen and oxygen atoms in total. The van der Waals surface area contributed by atoms with Gasteiger partial charge in [0.25, 0.3) is 0 Å². The van der Waals surface area contributed by atoms with Crippen molar-refractivity contribution >= 4 is 30.7 Å². The molecular weight excluding hydrogens is 349 g/mol. The summed E-state index contributed by atoms with van der Waals surface area (Å²) >= 11 is 0. The van der Waals surface area contributed by atoms with Gasteiger partial charge in [-0.25, -0.2) is 0 Å². The number of halogens is 2. The van der Waals surface area contributed by atoms with Crippen molar-refractivity contribution in [1.29, 1.82) is 0 Å². The molecule has 7 heteroatoms. The van der Waals surface area contributed by atoms with E-state index in [2.05, 4.69) is 17.1 Å². The normalized spacial score (nSPS) is 17.1. The SMILES string of the molecule is Cc1ccc(C(N)C(=O)NCC(C)CN2CCOCC2)cc1.Cl.Cl. The van der Waals surface area contributed by atoms with Crippen LogP contribution in [0.4, 0.5) is 0 Å². The van der Waals surface area contributed by atoms with Crippen molar-refractivity contribution in [2.24, 2.45) is 11.7 Å². The number of rotatable bonds is 6. The Kier molecular flexibility index (Phi) is 11.2. The molecule has 3 N–H and O–H groups in total. The second-order valence-electron chi connectivity index (χ2n) is 6.15. The Bertz CT molecular complexity index is 479. The van der Waals surface area contributed by atoms with E-state index in [-0.39, 0.29) is 30.7 Å². The third-order valence-corrected chi connectivity index (χ3v) is 4.02. The Morgan fingerprint density at radius 2 is 1.83 bits per heavy atom. The third-order valence-electron chi connectivity index (χ3n) is 4.02. The standard InChI is InChI=1S/C17H27N3O2.2ClH/c1-13-3-5-15(6-4-13)16(18)17(21)19-11-14(2)12-20-7-9-22-10-8-20;;/h3-6,14,16H,7-12,18H2,1-2H3,(H,19,21);2*1H. The maximum atomic E-state index is 12.2. The number of aryl methyl sites for hydroxylation is 1. The van der Waals surface area contributed by atoms with Gasteiger partial charge in [-0.05, 0) is 18.4 Å². The van der Waals surface area contributed by atoms with Crippen LogP contribution in [0.15, 0.2) is 24.3 Å². The number of carbonyl (C=O) groups is 1. The highest BCUT2D eigenvalue weighted by Crippen LogP contribution is 2.11. The summed E-state index contributed by atoms with van der Waals surface area (Å²) in [7, 11) is 0. The second kappa shape index (κ2) is 11.7. The lowest BCUT2D eigenvalue weighted by atomic mass is 10.0. The van der Waals surface area contributed by atoms with Crippen LogP contribution < -0.4 is 11.1 Å². The van der Waals surface area contributed by atoms with Crippen molar-refractivity contribution in [1.82, 2.24) is 10.2 Å². The lowest BCUT2D eigenvalue weighted by molar-refractivity contribution is -0.122. The molecule has 2 rings (SSSR count). The van der Waals surface area contributed by atoms with E-state index in [1.165, 1.54) is 0 Å². The van der Waals surface area contributed by atoms with Crippen molar-refractivity contribution < 1.29 is 9.53 Å². The van der Waals surface area contributed by atoms with Gasteiger partial charge in [-0.15, -0.1) is 24.8 Å². The minimum Gasteiger partial charge on any atom is -0.379 e. The van der Waals surface area contributed by atoms with Gasteiger partial charge in [0.15, 0.2) is 0 Å². The molecule has 0 aromatic heterocycles. The van der Waals surface area contributed by atoms with E-state index in [0.29, 0.717) is 12.5 Å². The van der Waals surface area contributed by atoms with E-state index in [0.717, 1.165) is 44.0 Å². The highest BCUT2D eigenvalue weighted by molar-refractivity contribution is 5.85. The zero-order valence-electron chi connectivity index (χ0n) is 14.4. The van der Waals surface area contributed by atoms with Crippen LogP contribution in [0.25, 0.3) is 0 Å². The van der Waals surface area contributed by atoms with E-state index >= 15 is 0 Å². The highest BCUT2D eigenvalue weighted by atomic mass is 35.5. The zero-order valence-corrected chi connectivity index (χ0v) is 16.0. The number of benzene rings is 1. The number of hydrogen-bond acceptors (Lipinski definition) is 4. The molecule has 1 amide bonds. The molecule has 1 aliphatic rings. The molecule has 1 aliphatic heterocycles. The number of hydrogen-bond donors (Lipinski definition) is 2. The van der Waals surface area contributed by atoms with Crippen LogP contribution in [-0.2, 0) is 9.53 Å². The van der Waals surface area contributed by atoms with Gasteiger partial charge in [-0.2, -0.15) is 0 Å². The first-order valence-corrected chi connectivity index (χ1v) is 7.96. The molecule has 0 radical (unpaired) electrons. The fourth-order valence-electron chi connectivity index (χ4n) is 2.60. The topological polar surface area (TPSA) is 67.6 Å². The van der Waals surface area contributed by atoms with Gasteiger partial charge in [0.1, 0.15) is 6.04 Å². The van der Waals surface area contributed by atoms with Crippen LogP contribution in [-0.4, -0.2) is 50.2 Å². The van der Waals surface area contributed by atoms with Crippen molar-refractivity contribution in [2.75, 3.05) is 39.4 Å². The monoisotopic (exact) mass is 377 g/mol. The molecule has 0 bridgehead atoms. The number of nitrogens with zero attached hydrogens (tertiary/aromatic N) is 1. The summed E-state index contributed by atoms with van der Waals surface area (Å²) in [5, 5.41) is 2.96. The first-order chi connectivity index (χ1) is 10.6. The fourth-order valence-corrected chi connectivity index (χ4v) is 2.60. The Balaban J connectivity index is 0.00000264. The van der Waals surface area contributed by atoms with E-state index in [4.69, 9.17) is 10.5 Å². The summed E-state index contributed by atoms with van der Waals surface area (Å²) in [5.74, 6) is 0.282. The smallest absolute Gasteiger partial charge is 0.241 e. The summed E-state index contributed by atoms with van der Waals surface area (Å²) in [6, 6.07) is 7.18. The van der Waals surface area contributed by atoms with E-state index in [1.807, 2.05) is 31.2 Å². The van der Waals surface area contributed by atoms with Crippen LogP contribution in [0.1, 0.15) is 24.1 Å². The average Bonchev–Trinajstić information content (AvgIpc) is 2.53. The van der Waals surface area contributed by atoms with Crippen molar-refractivity contribution in [3.8, 4) is 0 Å².